The van der Waals surface area contributed by atoms with Gasteiger partial charge in [0, 0.05) is 44.5 Å². The van der Waals surface area contributed by atoms with Crippen molar-refractivity contribution in [2.24, 2.45) is 0 Å². The molecular weight excluding hydrogens is 400 g/mol. The number of non-ortho nitro benzene ring substituents is 1. The molecule has 1 saturated heterocycles. The van der Waals surface area contributed by atoms with Crippen LogP contribution in [-0.2, 0) is 33.3 Å². The summed E-state index contributed by atoms with van der Waals surface area (Å²) in [5.74, 6) is -1.96. The minimum atomic E-state index is -1.17. The molecule has 0 radical (unpaired) electrons. The van der Waals surface area contributed by atoms with Gasteiger partial charge < -0.3 is 23.5 Å². The predicted molar refractivity (Wildman–Crippen MR) is 100 cm³/mol. The van der Waals surface area contributed by atoms with Crippen molar-refractivity contribution in [3.8, 4) is 0 Å². The van der Waals surface area contributed by atoms with Crippen LogP contribution in [0.4, 0.5) is 5.69 Å². The Labute approximate surface area is 170 Å². The van der Waals surface area contributed by atoms with Crippen molar-refractivity contribution in [2.45, 2.75) is 45.3 Å². The van der Waals surface area contributed by atoms with Crippen LogP contribution in [0.3, 0.4) is 0 Å². The van der Waals surface area contributed by atoms with Crippen molar-refractivity contribution in [2.75, 3.05) is 6.61 Å². The Bertz CT molecular complexity index is 999. The summed E-state index contributed by atoms with van der Waals surface area (Å²) in [5.41, 5.74) is 0.329. The molecule has 3 rings (SSSR count). The quantitative estimate of drug-likeness (QED) is 0.307. The van der Waals surface area contributed by atoms with E-state index in [1.54, 1.807) is 22.9 Å². The number of esters is 3. The van der Waals surface area contributed by atoms with Crippen molar-refractivity contribution >= 4 is 34.5 Å². The number of hydrogen-bond acceptors (Lipinski definition) is 9. The van der Waals surface area contributed by atoms with E-state index >= 15 is 0 Å². The smallest absolute Gasteiger partial charge is 0.303 e. The van der Waals surface area contributed by atoms with E-state index in [2.05, 4.69) is 0 Å². The van der Waals surface area contributed by atoms with Gasteiger partial charge in [-0.3, -0.25) is 24.5 Å². The van der Waals surface area contributed by atoms with E-state index in [1.807, 2.05) is 0 Å². The van der Waals surface area contributed by atoms with E-state index in [0.717, 1.165) is 0 Å². The Hall–Kier alpha value is -3.47. The monoisotopic (exact) mass is 420 g/mol. The third kappa shape index (κ3) is 4.40. The molecule has 2 aromatic rings. The summed E-state index contributed by atoms with van der Waals surface area (Å²) in [6, 6.07) is 6.03. The first-order valence-electron chi connectivity index (χ1n) is 9.05. The molecule has 0 N–H and O–H groups in total. The predicted octanol–water partition coefficient (Wildman–Crippen LogP) is 1.87. The highest BCUT2D eigenvalue weighted by atomic mass is 16.6. The zero-order chi connectivity index (χ0) is 22.0. The van der Waals surface area contributed by atoms with Crippen LogP contribution < -0.4 is 0 Å². The van der Waals surface area contributed by atoms with Crippen LogP contribution >= 0.6 is 0 Å². The Kier molecular flexibility index (Phi) is 6.01. The van der Waals surface area contributed by atoms with Gasteiger partial charge in [0.15, 0.2) is 24.5 Å². The third-order valence-corrected chi connectivity index (χ3v) is 4.52. The van der Waals surface area contributed by atoms with Gasteiger partial charge in [0.2, 0.25) is 0 Å². The second-order valence-electron chi connectivity index (χ2n) is 6.74. The number of fused-ring (bicyclic) bond motifs is 1. The van der Waals surface area contributed by atoms with Crippen molar-refractivity contribution in [1.82, 2.24) is 4.57 Å². The van der Waals surface area contributed by atoms with Crippen LogP contribution in [0.1, 0.15) is 27.0 Å². The van der Waals surface area contributed by atoms with Crippen molar-refractivity contribution in [1.29, 1.82) is 0 Å². The Morgan fingerprint density at radius 3 is 2.27 bits per heavy atom. The summed E-state index contributed by atoms with van der Waals surface area (Å²) in [7, 11) is 0. The molecule has 1 aromatic heterocycles. The SMILES string of the molecule is CC(=O)OC1COC(n2ccc3ccc([N+](=O)[O-])cc32)C(OC(C)=O)C1OC(C)=O. The fourth-order valence-corrected chi connectivity index (χ4v) is 3.43. The summed E-state index contributed by atoms with van der Waals surface area (Å²) in [5, 5.41) is 11.9. The van der Waals surface area contributed by atoms with E-state index < -0.39 is 47.4 Å². The van der Waals surface area contributed by atoms with Gasteiger partial charge in [0.1, 0.15) is 0 Å². The number of carbonyl (C=O) groups excluding carboxylic acids is 3. The molecule has 0 aliphatic carbocycles. The lowest BCUT2D eigenvalue weighted by Gasteiger charge is -2.41. The average molecular weight is 420 g/mol. The van der Waals surface area contributed by atoms with Gasteiger partial charge in [-0.05, 0) is 12.1 Å². The highest BCUT2D eigenvalue weighted by Gasteiger charge is 2.47. The topological polar surface area (TPSA) is 136 Å². The molecule has 4 atom stereocenters. The summed E-state index contributed by atoms with van der Waals surface area (Å²) >= 11 is 0. The highest BCUT2D eigenvalue weighted by molar-refractivity contribution is 5.82. The molecule has 11 heteroatoms. The highest BCUT2D eigenvalue weighted by Crippen LogP contribution is 2.34. The first-order valence-corrected chi connectivity index (χ1v) is 9.05. The molecule has 1 fully saturated rings. The average Bonchev–Trinajstić information content (AvgIpc) is 3.06. The van der Waals surface area contributed by atoms with Crippen LogP contribution in [0.15, 0.2) is 30.5 Å². The van der Waals surface area contributed by atoms with E-state index in [4.69, 9.17) is 18.9 Å². The number of carbonyl (C=O) groups is 3. The molecule has 0 bridgehead atoms. The molecule has 160 valence electrons. The number of hydrogen-bond donors (Lipinski definition) is 0. The number of nitrogens with zero attached hydrogens (tertiary/aromatic N) is 2. The number of ether oxygens (including phenoxy) is 4. The number of rotatable bonds is 5. The maximum atomic E-state index is 11.8. The van der Waals surface area contributed by atoms with Gasteiger partial charge in [-0.25, -0.2) is 0 Å². The minimum absolute atomic E-state index is 0.128. The molecular formula is C19H20N2O9. The summed E-state index contributed by atoms with van der Waals surface area (Å²) in [6.07, 6.45) is -2.66. The molecule has 0 amide bonds. The minimum Gasteiger partial charge on any atom is -0.456 e. The van der Waals surface area contributed by atoms with Crippen LogP contribution in [0.5, 0.6) is 0 Å². The molecule has 11 nitrogen and oxygen atoms in total. The fourth-order valence-electron chi connectivity index (χ4n) is 3.43. The van der Waals surface area contributed by atoms with Gasteiger partial charge in [-0.15, -0.1) is 0 Å². The molecule has 30 heavy (non-hydrogen) atoms. The first-order chi connectivity index (χ1) is 14.2. The number of aromatic nitrogens is 1. The van der Waals surface area contributed by atoms with E-state index in [-0.39, 0.29) is 12.3 Å². The normalized spacial score (nSPS) is 23.6. The van der Waals surface area contributed by atoms with Crippen molar-refractivity contribution in [3.63, 3.8) is 0 Å². The van der Waals surface area contributed by atoms with Crippen LogP contribution in [0.25, 0.3) is 10.9 Å². The molecule has 0 saturated carbocycles. The second-order valence-corrected chi connectivity index (χ2v) is 6.74. The van der Waals surface area contributed by atoms with Crippen LogP contribution in [0.2, 0.25) is 0 Å². The summed E-state index contributed by atoms with van der Waals surface area (Å²) < 4.78 is 23.3. The van der Waals surface area contributed by atoms with Gasteiger partial charge >= 0.3 is 17.9 Å². The zero-order valence-electron chi connectivity index (χ0n) is 16.5. The Morgan fingerprint density at radius 1 is 1.03 bits per heavy atom. The summed E-state index contributed by atoms with van der Waals surface area (Å²) in [4.78, 5) is 45.6. The Morgan fingerprint density at radius 2 is 1.67 bits per heavy atom. The van der Waals surface area contributed by atoms with Gasteiger partial charge in [0.05, 0.1) is 17.0 Å². The van der Waals surface area contributed by atoms with E-state index in [1.165, 1.54) is 32.9 Å². The zero-order valence-corrected chi connectivity index (χ0v) is 16.5. The van der Waals surface area contributed by atoms with Gasteiger partial charge in [-0.1, -0.05) is 0 Å². The largest absolute Gasteiger partial charge is 0.456 e. The lowest BCUT2D eigenvalue weighted by molar-refractivity contribution is -0.384. The van der Waals surface area contributed by atoms with E-state index in [0.29, 0.717) is 10.9 Å². The van der Waals surface area contributed by atoms with Crippen LogP contribution in [-0.4, -0.2) is 52.3 Å². The second kappa shape index (κ2) is 8.49. The van der Waals surface area contributed by atoms with Crippen LogP contribution in [0, 0.1) is 10.1 Å². The molecule has 1 aromatic carbocycles. The molecule has 0 spiro atoms. The van der Waals surface area contributed by atoms with E-state index in [9.17, 15) is 24.5 Å². The summed E-state index contributed by atoms with van der Waals surface area (Å²) in [6.45, 7) is 3.40. The molecule has 4 unspecified atom stereocenters. The number of nitro benzene ring substituents is 1. The third-order valence-electron chi connectivity index (χ3n) is 4.52. The number of benzene rings is 1. The Balaban J connectivity index is 2.06. The fraction of sp³-hybridized carbons (Fsp3) is 0.421. The maximum absolute atomic E-state index is 11.8. The van der Waals surface area contributed by atoms with Gasteiger partial charge in [-0.2, -0.15) is 0 Å². The molecule has 2 heterocycles. The number of nitro groups is 1. The van der Waals surface area contributed by atoms with Crippen molar-refractivity contribution in [3.05, 3.63) is 40.6 Å². The molecule has 1 aliphatic rings. The lowest BCUT2D eigenvalue weighted by Crippen LogP contribution is -2.55. The standard InChI is InChI=1S/C19H20N2O9/c1-10(22)28-16-9-27-19(18(30-12(3)24)17(16)29-11(2)23)20-7-6-13-4-5-14(21(25)26)8-15(13)20/h4-8,16-19H,9H2,1-3H3. The van der Waals surface area contributed by atoms with Gasteiger partial charge in [0.25, 0.3) is 5.69 Å². The lowest BCUT2D eigenvalue weighted by atomic mass is 10.0. The van der Waals surface area contributed by atoms with Crippen molar-refractivity contribution < 1.29 is 38.3 Å². The maximum Gasteiger partial charge on any atom is 0.303 e. The first kappa shape index (κ1) is 21.2. The molecule has 1 aliphatic heterocycles.